The lowest BCUT2D eigenvalue weighted by atomic mass is 10.1. The molecule has 1 aliphatic heterocycles. The van der Waals surface area contributed by atoms with E-state index >= 15 is 0 Å². The number of nitrogens with one attached hydrogen (secondary N) is 1. The first-order valence-electron chi connectivity index (χ1n) is 4.19. The number of hydrogen-bond acceptors (Lipinski definition) is 4. The van der Waals surface area contributed by atoms with Crippen LogP contribution in [0.4, 0.5) is 0 Å². The second-order valence-corrected chi connectivity index (χ2v) is 2.79. The summed E-state index contributed by atoms with van der Waals surface area (Å²) in [6.45, 7) is 3.64. The van der Waals surface area contributed by atoms with Crippen molar-refractivity contribution < 1.29 is 14.3 Å². The van der Waals surface area contributed by atoms with Crippen molar-refractivity contribution in [3.63, 3.8) is 0 Å². The zero-order chi connectivity index (χ0) is 8.97. The maximum atomic E-state index is 11.3. The van der Waals surface area contributed by atoms with Crippen molar-refractivity contribution in [2.75, 3.05) is 26.8 Å². The Bertz CT molecular complexity index is 160. The Morgan fingerprint density at radius 3 is 2.92 bits per heavy atom. The molecule has 70 valence electrons. The number of hydrogen-bond donors (Lipinski definition) is 1. The van der Waals surface area contributed by atoms with Gasteiger partial charge in [0.05, 0.1) is 18.6 Å². The Labute approximate surface area is 72.2 Å². The predicted octanol–water partition coefficient (Wildman–Crippen LogP) is -0.216. The molecule has 12 heavy (non-hydrogen) atoms. The van der Waals surface area contributed by atoms with Crippen molar-refractivity contribution >= 4 is 5.97 Å². The van der Waals surface area contributed by atoms with Crippen molar-refractivity contribution in [3.05, 3.63) is 0 Å². The van der Waals surface area contributed by atoms with E-state index in [4.69, 9.17) is 9.47 Å². The molecule has 0 saturated carbocycles. The molecule has 4 nitrogen and oxygen atoms in total. The fourth-order valence-corrected chi connectivity index (χ4v) is 1.39. The maximum absolute atomic E-state index is 11.3. The van der Waals surface area contributed by atoms with E-state index in [1.54, 1.807) is 7.11 Å². The zero-order valence-corrected chi connectivity index (χ0v) is 7.50. The molecule has 1 saturated heterocycles. The quantitative estimate of drug-likeness (QED) is 0.600. The molecule has 0 aromatic rings. The average Bonchev–Trinajstić information content (AvgIpc) is 2.51. The summed E-state index contributed by atoms with van der Waals surface area (Å²) in [5.41, 5.74) is 0. The minimum Gasteiger partial charge on any atom is -0.466 e. The maximum Gasteiger partial charge on any atom is 0.312 e. The fourth-order valence-electron chi connectivity index (χ4n) is 1.39. The number of carbonyl (C=O) groups excluding carboxylic acids is 1. The van der Waals surface area contributed by atoms with Gasteiger partial charge in [-0.25, -0.2) is 0 Å². The van der Waals surface area contributed by atoms with Gasteiger partial charge in [-0.15, -0.1) is 0 Å². The van der Waals surface area contributed by atoms with E-state index in [2.05, 4.69) is 5.32 Å². The van der Waals surface area contributed by atoms with Crippen LogP contribution in [0.1, 0.15) is 6.92 Å². The van der Waals surface area contributed by atoms with Crippen molar-refractivity contribution in [2.45, 2.75) is 13.0 Å². The van der Waals surface area contributed by atoms with E-state index in [1.807, 2.05) is 6.92 Å². The van der Waals surface area contributed by atoms with Gasteiger partial charge in [-0.3, -0.25) is 4.79 Å². The SMILES string of the molecule is CCOC(=O)[C@@H]1CNC[C@H]1OC. The summed E-state index contributed by atoms with van der Waals surface area (Å²) in [4.78, 5) is 11.3. The highest BCUT2D eigenvalue weighted by Gasteiger charge is 2.33. The van der Waals surface area contributed by atoms with Crippen LogP contribution < -0.4 is 5.32 Å². The van der Waals surface area contributed by atoms with E-state index < -0.39 is 0 Å². The highest BCUT2D eigenvalue weighted by molar-refractivity contribution is 5.73. The van der Waals surface area contributed by atoms with E-state index in [0.717, 1.165) is 6.54 Å². The first kappa shape index (κ1) is 9.48. The molecular formula is C8H15NO3. The van der Waals surface area contributed by atoms with Crippen LogP contribution in [0.5, 0.6) is 0 Å². The molecule has 4 heteroatoms. The minimum absolute atomic E-state index is 0.0240. The van der Waals surface area contributed by atoms with E-state index in [1.165, 1.54) is 0 Å². The monoisotopic (exact) mass is 173 g/mol. The molecule has 0 amide bonds. The van der Waals surface area contributed by atoms with Gasteiger partial charge in [-0.05, 0) is 6.92 Å². The lowest BCUT2D eigenvalue weighted by Gasteiger charge is -2.14. The molecule has 1 rings (SSSR count). The Hall–Kier alpha value is -0.610. The first-order chi connectivity index (χ1) is 5.79. The molecule has 1 N–H and O–H groups in total. The molecule has 0 spiro atoms. The second kappa shape index (κ2) is 4.42. The Morgan fingerprint density at radius 2 is 2.33 bits per heavy atom. The van der Waals surface area contributed by atoms with Gasteiger partial charge in [-0.2, -0.15) is 0 Å². The molecule has 0 radical (unpaired) electrons. The predicted molar refractivity (Wildman–Crippen MR) is 43.8 cm³/mol. The number of methoxy groups -OCH3 is 1. The smallest absolute Gasteiger partial charge is 0.312 e. The van der Waals surface area contributed by atoms with Crippen LogP contribution in [0.25, 0.3) is 0 Å². The lowest BCUT2D eigenvalue weighted by Crippen LogP contribution is -2.29. The average molecular weight is 173 g/mol. The van der Waals surface area contributed by atoms with Gasteiger partial charge in [0, 0.05) is 20.2 Å². The van der Waals surface area contributed by atoms with E-state index in [-0.39, 0.29) is 18.0 Å². The minimum atomic E-state index is -0.158. The Balaban J connectivity index is 2.43. The summed E-state index contributed by atoms with van der Waals surface area (Å²) < 4.78 is 10.0. The van der Waals surface area contributed by atoms with Gasteiger partial charge in [0.25, 0.3) is 0 Å². The topological polar surface area (TPSA) is 47.6 Å². The highest BCUT2D eigenvalue weighted by Crippen LogP contribution is 2.13. The van der Waals surface area contributed by atoms with Crippen LogP contribution in [-0.4, -0.2) is 38.9 Å². The molecular weight excluding hydrogens is 158 g/mol. The number of ether oxygens (including phenoxy) is 2. The summed E-state index contributed by atoms with van der Waals surface area (Å²) in [5.74, 6) is -0.288. The number of carbonyl (C=O) groups is 1. The molecule has 0 aromatic heterocycles. The number of rotatable bonds is 3. The summed E-state index contributed by atoms with van der Waals surface area (Å²) >= 11 is 0. The van der Waals surface area contributed by atoms with Crippen molar-refractivity contribution in [2.24, 2.45) is 5.92 Å². The molecule has 1 heterocycles. The molecule has 2 atom stereocenters. The van der Waals surface area contributed by atoms with Gasteiger partial charge >= 0.3 is 5.97 Å². The normalized spacial score (nSPS) is 28.8. The van der Waals surface area contributed by atoms with Crippen LogP contribution in [0.3, 0.4) is 0 Å². The molecule has 0 aromatic carbocycles. The largest absolute Gasteiger partial charge is 0.466 e. The third-order valence-electron chi connectivity index (χ3n) is 2.05. The van der Waals surface area contributed by atoms with Crippen molar-refractivity contribution in [1.82, 2.24) is 5.32 Å². The number of esters is 1. The highest BCUT2D eigenvalue weighted by atomic mass is 16.5. The summed E-state index contributed by atoms with van der Waals surface area (Å²) in [6.07, 6.45) is -0.0240. The van der Waals surface area contributed by atoms with Crippen molar-refractivity contribution in [1.29, 1.82) is 0 Å². The van der Waals surface area contributed by atoms with Crippen LogP contribution in [-0.2, 0) is 14.3 Å². The van der Waals surface area contributed by atoms with Crippen LogP contribution >= 0.6 is 0 Å². The van der Waals surface area contributed by atoms with Gasteiger partial charge < -0.3 is 14.8 Å². The van der Waals surface area contributed by atoms with Crippen LogP contribution in [0.15, 0.2) is 0 Å². The first-order valence-corrected chi connectivity index (χ1v) is 4.19. The van der Waals surface area contributed by atoms with Gasteiger partial charge in [0.2, 0.25) is 0 Å². The summed E-state index contributed by atoms with van der Waals surface area (Å²) in [7, 11) is 1.61. The van der Waals surface area contributed by atoms with Gasteiger partial charge in [-0.1, -0.05) is 0 Å². The van der Waals surface area contributed by atoms with Gasteiger partial charge in [0.1, 0.15) is 0 Å². The Morgan fingerprint density at radius 1 is 1.58 bits per heavy atom. The molecule has 0 unspecified atom stereocenters. The van der Waals surface area contributed by atoms with Crippen LogP contribution in [0.2, 0.25) is 0 Å². The third-order valence-corrected chi connectivity index (χ3v) is 2.05. The van der Waals surface area contributed by atoms with Crippen LogP contribution in [0, 0.1) is 5.92 Å². The zero-order valence-electron chi connectivity index (χ0n) is 7.50. The Kier molecular flexibility index (Phi) is 3.49. The molecule has 1 fully saturated rings. The van der Waals surface area contributed by atoms with Crippen molar-refractivity contribution in [3.8, 4) is 0 Å². The van der Waals surface area contributed by atoms with Gasteiger partial charge in [0.15, 0.2) is 0 Å². The van der Waals surface area contributed by atoms with E-state index in [0.29, 0.717) is 13.2 Å². The lowest BCUT2D eigenvalue weighted by molar-refractivity contribution is -0.150. The fraction of sp³-hybridized carbons (Fsp3) is 0.875. The van der Waals surface area contributed by atoms with E-state index in [9.17, 15) is 4.79 Å². The second-order valence-electron chi connectivity index (χ2n) is 2.79. The summed E-state index contributed by atoms with van der Waals surface area (Å²) in [5, 5.41) is 3.09. The third kappa shape index (κ3) is 1.95. The standard InChI is InChI=1S/C8H15NO3/c1-3-12-8(10)6-4-9-5-7(6)11-2/h6-7,9H,3-5H2,1-2H3/t6-,7-/m1/s1. The molecule has 0 bridgehead atoms. The molecule has 1 aliphatic rings. The summed E-state index contributed by atoms with van der Waals surface area (Å²) in [6, 6.07) is 0. The molecule has 0 aliphatic carbocycles.